The first-order chi connectivity index (χ1) is 7.06. The Morgan fingerprint density at radius 3 is 2.40 bits per heavy atom. The van der Waals surface area contributed by atoms with Crippen molar-refractivity contribution in [2.45, 2.75) is 24.7 Å². The van der Waals surface area contributed by atoms with Crippen molar-refractivity contribution in [2.75, 3.05) is 0 Å². The van der Waals surface area contributed by atoms with Crippen molar-refractivity contribution in [2.24, 2.45) is 0 Å². The van der Waals surface area contributed by atoms with E-state index < -0.39 is 8.87 Å². The molecule has 0 atom stereocenters. The van der Waals surface area contributed by atoms with E-state index in [2.05, 4.69) is 0 Å². The smallest absolute Gasteiger partial charge is 0.237 e. The first-order valence-electron chi connectivity index (χ1n) is 4.58. The molecule has 0 saturated carbocycles. The van der Waals surface area contributed by atoms with E-state index in [0.29, 0.717) is 17.2 Å². The summed E-state index contributed by atoms with van der Waals surface area (Å²) < 4.78 is 23.3. The highest BCUT2D eigenvalue weighted by Gasteiger charge is 2.19. The maximum Gasteiger partial charge on any atom is 0.237 e. The third-order valence-electron chi connectivity index (χ3n) is 1.69. The normalized spacial score (nSPS) is 11.3. The van der Waals surface area contributed by atoms with Crippen molar-refractivity contribution in [3.8, 4) is 0 Å². The first kappa shape index (κ1) is 12.3. The van der Waals surface area contributed by atoms with E-state index in [1.165, 1.54) is 12.1 Å². The SMILES string of the molecule is CCCC(=O)SS(=O)(=O)c1ccccc1. The van der Waals surface area contributed by atoms with Gasteiger partial charge < -0.3 is 0 Å². The largest absolute Gasteiger partial charge is 0.286 e. The number of benzene rings is 1. The van der Waals surface area contributed by atoms with Gasteiger partial charge in [-0.2, -0.15) is 0 Å². The summed E-state index contributed by atoms with van der Waals surface area (Å²) >= 11 is 0. The average molecular weight is 244 g/mol. The minimum absolute atomic E-state index is 0.180. The number of carbonyl (C=O) groups is 1. The van der Waals surface area contributed by atoms with Gasteiger partial charge in [0.25, 0.3) is 0 Å². The fraction of sp³-hybridized carbons (Fsp3) is 0.300. The van der Waals surface area contributed by atoms with Crippen LogP contribution in [0.4, 0.5) is 0 Å². The maximum absolute atomic E-state index is 11.7. The molecule has 1 rings (SSSR count). The summed E-state index contributed by atoms with van der Waals surface area (Å²) in [6.07, 6.45) is 0.951. The molecule has 5 heteroatoms. The van der Waals surface area contributed by atoms with Gasteiger partial charge in [0.05, 0.1) is 4.90 Å². The van der Waals surface area contributed by atoms with Crippen LogP contribution in [0.3, 0.4) is 0 Å². The van der Waals surface area contributed by atoms with Gasteiger partial charge in [-0.25, -0.2) is 8.42 Å². The topological polar surface area (TPSA) is 51.2 Å². The van der Waals surface area contributed by atoms with Gasteiger partial charge in [-0.15, -0.1) is 0 Å². The molecule has 0 heterocycles. The molecule has 1 aromatic carbocycles. The van der Waals surface area contributed by atoms with Crippen LogP contribution in [0.25, 0.3) is 0 Å². The van der Waals surface area contributed by atoms with Gasteiger partial charge in [0.1, 0.15) is 0 Å². The zero-order chi connectivity index (χ0) is 11.3. The third-order valence-corrected chi connectivity index (χ3v) is 4.94. The Morgan fingerprint density at radius 2 is 1.87 bits per heavy atom. The van der Waals surface area contributed by atoms with E-state index in [-0.39, 0.29) is 16.4 Å². The zero-order valence-electron chi connectivity index (χ0n) is 8.34. The van der Waals surface area contributed by atoms with Crippen LogP contribution in [0.15, 0.2) is 35.2 Å². The van der Waals surface area contributed by atoms with Gasteiger partial charge in [0.15, 0.2) is 0 Å². The van der Waals surface area contributed by atoms with Crippen LogP contribution in [0, 0.1) is 0 Å². The Balaban J connectivity index is 2.81. The van der Waals surface area contributed by atoms with Gasteiger partial charge in [-0.05, 0) is 18.6 Å². The van der Waals surface area contributed by atoms with E-state index in [4.69, 9.17) is 0 Å². The Bertz CT molecular complexity index is 423. The summed E-state index contributed by atoms with van der Waals surface area (Å²) in [5, 5.41) is -0.304. The lowest BCUT2D eigenvalue weighted by molar-refractivity contribution is -0.110. The van der Waals surface area contributed by atoms with Gasteiger partial charge in [-0.3, -0.25) is 4.79 Å². The molecule has 0 radical (unpaired) electrons. The summed E-state index contributed by atoms with van der Waals surface area (Å²) in [6.45, 7) is 1.84. The predicted molar refractivity (Wildman–Crippen MR) is 61.1 cm³/mol. The minimum Gasteiger partial charge on any atom is -0.286 e. The molecule has 82 valence electrons. The van der Waals surface area contributed by atoms with Crippen molar-refractivity contribution in [3.63, 3.8) is 0 Å². The number of hydrogen-bond donors (Lipinski definition) is 0. The standard InChI is InChI=1S/C10H12O3S2/c1-2-6-10(11)14-15(12,13)9-7-4-3-5-8-9/h3-5,7-8H,2,6H2,1H3. The summed E-state index contributed by atoms with van der Waals surface area (Å²) in [5.74, 6) is 0. The van der Waals surface area contributed by atoms with Crippen LogP contribution in [0.1, 0.15) is 19.8 Å². The predicted octanol–water partition coefficient (Wildman–Crippen LogP) is 2.44. The maximum atomic E-state index is 11.7. The second kappa shape index (κ2) is 5.32. The van der Waals surface area contributed by atoms with Crippen LogP contribution >= 0.6 is 10.8 Å². The van der Waals surface area contributed by atoms with Crippen molar-refractivity contribution < 1.29 is 13.2 Å². The number of rotatable bonds is 4. The second-order valence-corrected chi connectivity index (χ2v) is 6.79. The molecular weight excluding hydrogens is 232 g/mol. The van der Waals surface area contributed by atoms with Gasteiger partial charge >= 0.3 is 0 Å². The van der Waals surface area contributed by atoms with Crippen molar-refractivity contribution in [1.29, 1.82) is 0 Å². The van der Waals surface area contributed by atoms with E-state index in [9.17, 15) is 13.2 Å². The van der Waals surface area contributed by atoms with E-state index >= 15 is 0 Å². The van der Waals surface area contributed by atoms with Crippen LogP contribution in [0.2, 0.25) is 0 Å². The van der Waals surface area contributed by atoms with Crippen LogP contribution in [0.5, 0.6) is 0 Å². The number of carbonyl (C=O) groups excluding carboxylic acids is 1. The number of hydrogen-bond acceptors (Lipinski definition) is 4. The highest BCUT2D eigenvalue weighted by molar-refractivity contribution is 8.77. The fourth-order valence-corrected chi connectivity index (χ4v) is 3.73. The average Bonchev–Trinajstić information content (AvgIpc) is 2.18. The molecule has 15 heavy (non-hydrogen) atoms. The summed E-state index contributed by atoms with van der Waals surface area (Å²) in [5.41, 5.74) is 0. The first-order valence-corrected chi connectivity index (χ1v) is 7.40. The molecule has 0 unspecified atom stereocenters. The Morgan fingerprint density at radius 1 is 1.27 bits per heavy atom. The van der Waals surface area contributed by atoms with E-state index in [1.54, 1.807) is 18.2 Å². The lowest BCUT2D eigenvalue weighted by atomic mass is 10.4. The van der Waals surface area contributed by atoms with Gasteiger partial charge in [0, 0.05) is 17.2 Å². The summed E-state index contributed by atoms with van der Waals surface area (Å²) in [6, 6.07) is 7.98. The van der Waals surface area contributed by atoms with Crippen LogP contribution in [-0.4, -0.2) is 13.5 Å². The molecule has 0 N–H and O–H groups in total. The minimum atomic E-state index is -3.51. The molecule has 0 aliphatic carbocycles. The molecule has 3 nitrogen and oxygen atoms in total. The summed E-state index contributed by atoms with van der Waals surface area (Å²) in [4.78, 5) is 11.4. The third kappa shape index (κ3) is 3.68. The van der Waals surface area contributed by atoms with E-state index in [0.717, 1.165) is 0 Å². The lowest BCUT2D eigenvalue weighted by Crippen LogP contribution is -2.00. The van der Waals surface area contributed by atoms with Crippen molar-refractivity contribution >= 4 is 24.8 Å². The Labute approximate surface area is 93.2 Å². The molecule has 0 aliphatic heterocycles. The molecule has 0 amide bonds. The zero-order valence-corrected chi connectivity index (χ0v) is 9.98. The Kier molecular flexibility index (Phi) is 4.35. The molecule has 1 aromatic rings. The molecule has 0 saturated heterocycles. The van der Waals surface area contributed by atoms with Crippen LogP contribution < -0.4 is 0 Å². The molecule has 0 fully saturated rings. The Hall–Kier alpha value is -0.810. The van der Waals surface area contributed by atoms with Crippen molar-refractivity contribution in [3.05, 3.63) is 30.3 Å². The molecular formula is C10H12O3S2. The molecule has 0 spiro atoms. The highest BCUT2D eigenvalue weighted by atomic mass is 33.1. The molecule has 0 aliphatic rings. The molecule has 0 bridgehead atoms. The van der Waals surface area contributed by atoms with Gasteiger partial charge in [-0.1, -0.05) is 25.1 Å². The second-order valence-electron chi connectivity index (χ2n) is 2.97. The summed E-state index contributed by atoms with van der Waals surface area (Å²) in [7, 11) is -3.10. The highest BCUT2D eigenvalue weighted by Crippen LogP contribution is 2.24. The van der Waals surface area contributed by atoms with Crippen LogP contribution in [-0.2, 0) is 13.7 Å². The van der Waals surface area contributed by atoms with Gasteiger partial charge in [0.2, 0.25) is 14.0 Å². The molecule has 0 aromatic heterocycles. The monoisotopic (exact) mass is 244 g/mol. The fourth-order valence-electron chi connectivity index (χ4n) is 1.00. The lowest BCUT2D eigenvalue weighted by Gasteiger charge is -2.01. The van der Waals surface area contributed by atoms with Crippen molar-refractivity contribution in [1.82, 2.24) is 0 Å². The van der Waals surface area contributed by atoms with E-state index in [1.807, 2.05) is 6.92 Å². The quantitative estimate of drug-likeness (QED) is 0.763.